The molecular formula is C34H33N3O4. The summed E-state index contributed by atoms with van der Waals surface area (Å²) >= 11 is 0. The Balaban J connectivity index is 1.36. The van der Waals surface area contributed by atoms with Crippen LogP contribution in [-0.4, -0.2) is 52.2 Å². The van der Waals surface area contributed by atoms with E-state index in [9.17, 15) is 9.90 Å². The van der Waals surface area contributed by atoms with E-state index >= 15 is 0 Å². The largest absolute Gasteiger partial charge is 0.496 e. The van der Waals surface area contributed by atoms with Crippen molar-refractivity contribution in [3.63, 3.8) is 0 Å². The average molecular weight is 548 g/mol. The van der Waals surface area contributed by atoms with Gasteiger partial charge in [-0.15, -0.1) is 0 Å². The highest BCUT2D eigenvalue weighted by Gasteiger charge is 2.32. The van der Waals surface area contributed by atoms with Crippen LogP contribution < -0.4 is 9.47 Å². The van der Waals surface area contributed by atoms with Crippen molar-refractivity contribution in [1.82, 2.24) is 14.3 Å². The number of benzene rings is 3. The molecule has 7 heteroatoms. The van der Waals surface area contributed by atoms with Gasteiger partial charge in [0, 0.05) is 18.3 Å². The van der Waals surface area contributed by atoms with Crippen molar-refractivity contribution >= 4 is 11.6 Å². The lowest BCUT2D eigenvalue weighted by atomic mass is 9.93. The maximum Gasteiger partial charge on any atom is 0.320 e. The number of methoxy groups -OCH3 is 2. The molecule has 0 spiro atoms. The summed E-state index contributed by atoms with van der Waals surface area (Å²) in [5.74, 6) is 0.537. The molecule has 0 bridgehead atoms. The van der Waals surface area contributed by atoms with Gasteiger partial charge in [-0.3, -0.25) is 14.1 Å². The van der Waals surface area contributed by atoms with Gasteiger partial charge in [0.25, 0.3) is 0 Å². The lowest BCUT2D eigenvalue weighted by molar-refractivity contribution is -0.142. The highest BCUT2D eigenvalue weighted by molar-refractivity contribution is 5.80. The van der Waals surface area contributed by atoms with Gasteiger partial charge in [0.15, 0.2) is 0 Å². The number of aromatic nitrogens is 2. The zero-order chi connectivity index (χ0) is 28.5. The fourth-order valence-electron chi connectivity index (χ4n) is 6.03. The zero-order valence-electron chi connectivity index (χ0n) is 23.5. The third kappa shape index (κ3) is 4.93. The minimum absolute atomic E-state index is 0.446. The van der Waals surface area contributed by atoms with Crippen LogP contribution in [0.3, 0.4) is 0 Å². The van der Waals surface area contributed by atoms with Crippen molar-refractivity contribution in [2.75, 3.05) is 20.8 Å². The van der Waals surface area contributed by atoms with E-state index in [1.165, 1.54) is 22.3 Å². The zero-order valence-corrected chi connectivity index (χ0v) is 23.5. The molecule has 2 aromatic heterocycles. The normalized spacial score (nSPS) is 15.3. The summed E-state index contributed by atoms with van der Waals surface area (Å²) in [6.07, 6.45) is 5.43. The summed E-state index contributed by atoms with van der Waals surface area (Å²) < 4.78 is 13.7. The van der Waals surface area contributed by atoms with Crippen LogP contribution in [-0.2, 0) is 11.3 Å². The molecule has 208 valence electrons. The fraction of sp³-hybridized carbons (Fsp3) is 0.235. The molecule has 0 unspecified atom stereocenters. The van der Waals surface area contributed by atoms with Gasteiger partial charge in [-0.05, 0) is 78.4 Å². The molecule has 1 atom stereocenters. The van der Waals surface area contributed by atoms with E-state index in [4.69, 9.17) is 14.5 Å². The molecule has 1 N–H and O–H groups in total. The lowest BCUT2D eigenvalue weighted by Gasteiger charge is -2.24. The second-order valence-corrected chi connectivity index (χ2v) is 10.5. The lowest BCUT2D eigenvalue weighted by Crippen LogP contribution is -2.35. The van der Waals surface area contributed by atoms with Crippen molar-refractivity contribution in [3.05, 3.63) is 96.3 Å². The Hall–Kier alpha value is -4.62. The number of fused-ring (bicyclic) bond motifs is 1. The molecule has 1 saturated heterocycles. The number of imidazole rings is 1. The van der Waals surface area contributed by atoms with Gasteiger partial charge in [0.05, 0.1) is 31.7 Å². The molecule has 1 aliphatic heterocycles. The number of hydrogen-bond donors (Lipinski definition) is 1. The molecule has 3 aromatic carbocycles. The number of aliphatic carboxylic acids is 1. The minimum atomic E-state index is -0.788. The highest BCUT2D eigenvalue weighted by atomic mass is 16.5. The van der Waals surface area contributed by atoms with Gasteiger partial charge in [0.2, 0.25) is 0 Å². The van der Waals surface area contributed by atoms with Crippen LogP contribution in [0.15, 0.2) is 85.2 Å². The molecule has 6 rings (SSSR count). The Morgan fingerprint density at radius 3 is 2.32 bits per heavy atom. The van der Waals surface area contributed by atoms with Crippen molar-refractivity contribution < 1.29 is 19.4 Å². The standard InChI is InChI=1S/C34H33N3O4/c1-22-26(23-9-5-4-6-10-23)11-7-12-27(22)24-14-16-37-30(20-35-33(37)19-24)25-17-31(40-2)28(32(18-25)41-3)21-36-15-8-13-29(36)34(38)39/h4-7,9-12,14,16-20,29H,8,13,15,21H2,1-3H3,(H,38,39)/t29-/m0/s1. The average Bonchev–Trinajstić information content (AvgIpc) is 3.65. The van der Waals surface area contributed by atoms with E-state index in [1.807, 2.05) is 29.3 Å². The molecule has 3 heterocycles. The van der Waals surface area contributed by atoms with Crippen LogP contribution >= 0.6 is 0 Å². The predicted octanol–water partition coefficient (Wildman–Crippen LogP) is 6.71. The third-order valence-corrected chi connectivity index (χ3v) is 8.16. The Labute approximate surface area is 239 Å². The number of carbonyl (C=O) groups is 1. The molecule has 0 radical (unpaired) electrons. The van der Waals surface area contributed by atoms with Crippen molar-refractivity contribution in [2.45, 2.75) is 32.4 Å². The summed E-state index contributed by atoms with van der Waals surface area (Å²) in [5, 5.41) is 9.64. The van der Waals surface area contributed by atoms with Gasteiger partial charge >= 0.3 is 5.97 Å². The van der Waals surface area contributed by atoms with Crippen molar-refractivity contribution in [1.29, 1.82) is 0 Å². The van der Waals surface area contributed by atoms with E-state index in [-0.39, 0.29) is 0 Å². The maximum atomic E-state index is 11.7. The summed E-state index contributed by atoms with van der Waals surface area (Å²) in [6.45, 7) is 3.34. The highest BCUT2D eigenvalue weighted by Crippen LogP contribution is 2.38. The molecule has 7 nitrogen and oxygen atoms in total. The second-order valence-electron chi connectivity index (χ2n) is 10.5. The van der Waals surface area contributed by atoms with Gasteiger partial charge in [0.1, 0.15) is 23.2 Å². The quantitative estimate of drug-likeness (QED) is 0.233. The number of nitrogens with zero attached hydrogens (tertiary/aromatic N) is 3. The molecule has 1 aliphatic rings. The van der Waals surface area contributed by atoms with Crippen molar-refractivity contribution in [2.24, 2.45) is 0 Å². The van der Waals surface area contributed by atoms with Gasteiger partial charge in [-0.25, -0.2) is 4.98 Å². The summed E-state index contributed by atoms with van der Waals surface area (Å²) in [5.41, 5.74) is 9.42. The summed E-state index contributed by atoms with van der Waals surface area (Å²) in [7, 11) is 3.26. The van der Waals surface area contributed by atoms with E-state index in [1.54, 1.807) is 14.2 Å². The number of hydrogen-bond acceptors (Lipinski definition) is 5. The molecule has 41 heavy (non-hydrogen) atoms. The molecule has 1 fully saturated rings. The number of rotatable bonds is 8. The van der Waals surface area contributed by atoms with Crippen LogP contribution in [0.25, 0.3) is 39.2 Å². The van der Waals surface area contributed by atoms with E-state index in [2.05, 4.69) is 72.1 Å². The first-order valence-corrected chi connectivity index (χ1v) is 13.8. The predicted molar refractivity (Wildman–Crippen MR) is 160 cm³/mol. The van der Waals surface area contributed by atoms with E-state index < -0.39 is 12.0 Å². The molecule has 0 saturated carbocycles. The maximum absolute atomic E-state index is 11.7. The van der Waals surface area contributed by atoms with E-state index in [0.717, 1.165) is 41.0 Å². The van der Waals surface area contributed by atoms with Crippen LogP contribution in [0.2, 0.25) is 0 Å². The number of ether oxygens (including phenoxy) is 2. The van der Waals surface area contributed by atoms with E-state index in [0.29, 0.717) is 24.5 Å². The fourth-order valence-corrected chi connectivity index (χ4v) is 6.03. The molecular weight excluding hydrogens is 514 g/mol. The Morgan fingerprint density at radius 2 is 1.63 bits per heavy atom. The van der Waals surface area contributed by atoms with Crippen LogP contribution in [0.1, 0.15) is 24.0 Å². The summed E-state index contributed by atoms with van der Waals surface area (Å²) in [4.78, 5) is 18.5. The minimum Gasteiger partial charge on any atom is -0.496 e. The molecule has 0 amide bonds. The first-order chi connectivity index (χ1) is 20.0. The second kappa shape index (κ2) is 11.1. The first kappa shape index (κ1) is 26.6. The molecule has 5 aromatic rings. The summed E-state index contributed by atoms with van der Waals surface area (Å²) in [6, 6.07) is 24.6. The number of carboxylic acid groups (broad SMARTS) is 1. The Kier molecular flexibility index (Phi) is 7.20. The van der Waals surface area contributed by atoms with Crippen LogP contribution in [0, 0.1) is 6.92 Å². The Bertz CT molecular complexity index is 1700. The van der Waals surface area contributed by atoms with Gasteiger partial charge < -0.3 is 14.6 Å². The van der Waals surface area contributed by atoms with Crippen molar-refractivity contribution in [3.8, 4) is 45.0 Å². The topological polar surface area (TPSA) is 76.3 Å². The third-order valence-electron chi connectivity index (χ3n) is 8.16. The van der Waals surface area contributed by atoms with Crippen LogP contribution in [0.4, 0.5) is 0 Å². The first-order valence-electron chi connectivity index (χ1n) is 13.8. The number of likely N-dealkylation sites (tertiary alicyclic amines) is 1. The van der Waals surface area contributed by atoms with Crippen LogP contribution in [0.5, 0.6) is 11.5 Å². The SMILES string of the molecule is COc1cc(-c2cnc3cc(-c4cccc(-c5ccccc5)c4C)ccn23)cc(OC)c1CN1CCC[C@H]1C(=O)O. The molecule has 0 aliphatic carbocycles. The number of carboxylic acids is 1. The van der Waals surface area contributed by atoms with Gasteiger partial charge in [-0.1, -0.05) is 48.5 Å². The smallest absolute Gasteiger partial charge is 0.320 e. The van der Waals surface area contributed by atoms with Gasteiger partial charge in [-0.2, -0.15) is 0 Å². The number of pyridine rings is 1. The Morgan fingerprint density at radius 1 is 0.927 bits per heavy atom. The monoisotopic (exact) mass is 547 g/mol.